The molecular formula is C28H47N7O6S. The van der Waals surface area contributed by atoms with Crippen LogP contribution in [-0.2, 0) is 30.4 Å². The number of hydrogen-bond donors (Lipinski definition) is 6. The lowest BCUT2D eigenvalue weighted by molar-refractivity contribution is -0.145. The number of nitrogens with zero attached hydrogens (tertiary/aromatic N) is 2. The first-order chi connectivity index (χ1) is 19.8. The minimum Gasteiger partial charge on any atom is -0.480 e. The van der Waals surface area contributed by atoms with Gasteiger partial charge >= 0.3 is 5.97 Å². The fourth-order valence-corrected chi connectivity index (χ4v) is 5.41. The van der Waals surface area contributed by atoms with Gasteiger partial charge in [-0.1, -0.05) is 27.7 Å². The zero-order valence-corrected chi connectivity index (χ0v) is 26.0. The van der Waals surface area contributed by atoms with E-state index in [1.54, 1.807) is 6.20 Å². The van der Waals surface area contributed by atoms with Crippen LogP contribution in [0.5, 0.6) is 0 Å². The SMILES string of the molecule is CSCC[C@H](NC(=O)[C@@H]1CCCN1C(=O)[C@H](CC(C)C)NC(=O)[C@H](CC(C)C)NC(=O)[C@@H](N)Cc1cnc[nH]1)C(=O)O. The Kier molecular flexibility index (Phi) is 14.3. The molecule has 0 radical (unpaired) electrons. The van der Waals surface area contributed by atoms with Crippen LogP contribution in [0, 0.1) is 11.8 Å². The molecule has 13 nitrogen and oxygen atoms in total. The highest BCUT2D eigenvalue weighted by atomic mass is 32.2. The van der Waals surface area contributed by atoms with Crippen LogP contribution < -0.4 is 21.7 Å². The molecule has 7 N–H and O–H groups in total. The van der Waals surface area contributed by atoms with Crippen molar-refractivity contribution in [2.75, 3.05) is 18.6 Å². The van der Waals surface area contributed by atoms with E-state index in [9.17, 15) is 29.1 Å². The molecule has 1 aliphatic heterocycles. The number of carboxylic acids is 1. The second-order valence-electron chi connectivity index (χ2n) is 11.6. The molecule has 14 heteroatoms. The first-order valence-corrected chi connectivity index (χ1v) is 15.9. The minimum atomic E-state index is -1.12. The number of likely N-dealkylation sites (tertiary alicyclic amines) is 1. The molecule has 42 heavy (non-hydrogen) atoms. The molecule has 4 amide bonds. The fraction of sp³-hybridized carbons (Fsp3) is 0.714. The molecule has 1 aromatic heterocycles. The summed E-state index contributed by atoms with van der Waals surface area (Å²) in [6.45, 7) is 8.01. The molecule has 1 fully saturated rings. The molecule has 236 valence electrons. The van der Waals surface area contributed by atoms with E-state index in [4.69, 9.17) is 5.73 Å². The van der Waals surface area contributed by atoms with E-state index < -0.39 is 59.8 Å². The maximum atomic E-state index is 13.8. The first-order valence-electron chi connectivity index (χ1n) is 14.5. The normalized spacial score (nSPS) is 17.9. The van der Waals surface area contributed by atoms with Gasteiger partial charge in [0.15, 0.2) is 0 Å². The summed E-state index contributed by atoms with van der Waals surface area (Å²) in [5, 5.41) is 17.7. The number of rotatable bonds is 17. The van der Waals surface area contributed by atoms with Crippen molar-refractivity contribution in [1.82, 2.24) is 30.8 Å². The summed E-state index contributed by atoms with van der Waals surface area (Å²) in [5.41, 5.74) is 6.77. The number of H-pyrrole nitrogens is 1. The van der Waals surface area contributed by atoms with Gasteiger partial charge in [-0.2, -0.15) is 11.8 Å². The molecule has 2 heterocycles. The molecule has 0 spiro atoms. The van der Waals surface area contributed by atoms with Gasteiger partial charge in [0, 0.05) is 24.9 Å². The Balaban J connectivity index is 2.15. The van der Waals surface area contributed by atoms with E-state index in [-0.39, 0.29) is 24.7 Å². The molecule has 1 aromatic rings. The Bertz CT molecular complexity index is 1050. The highest BCUT2D eigenvalue weighted by molar-refractivity contribution is 7.98. The molecule has 0 unspecified atom stereocenters. The van der Waals surface area contributed by atoms with Crippen molar-refractivity contribution in [3.8, 4) is 0 Å². The van der Waals surface area contributed by atoms with Crippen molar-refractivity contribution in [3.05, 3.63) is 18.2 Å². The van der Waals surface area contributed by atoms with Crippen LogP contribution in [0.15, 0.2) is 12.5 Å². The Hall–Kier alpha value is -3.13. The first kappa shape index (κ1) is 35.1. The Labute approximate surface area is 251 Å². The van der Waals surface area contributed by atoms with Gasteiger partial charge < -0.3 is 36.7 Å². The lowest BCUT2D eigenvalue weighted by Gasteiger charge is -2.31. The molecule has 5 atom stereocenters. The van der Waals surface area contributed by atoms with Crippen LogP contribution in [0.25, 0.3) is 0 Å². The summed E-state index contributed by atoms with van der Waals surface area (Å²) in [7, 11) is 0. The summed E-state index contributed by atoms with van der Waals surface area (Å²) >= 11 is 1.48. The number of nitrogens with one attached hydrogen (secondary N) is 4. The average Bonchev–Trinajstić information content (AvgIpc) is 3.61. The van der Waals surface area contributed by atoms with E-state index in [0.717, 1.165) is 0 Å². The van der Waals surface area contributed by atoms with E-state index in [0.29, 0.717) is 43.7 Å². The lowest BCUT2D eigenvalue weighted by Crippen LogP contribution is -2.58. The van der Waals surface area contributed by atoms with Crippen molar-refractivity contribution in [3.63, 3.8) is 0 Å². The number of carbonyl (C=O) groups excluding carboxylic acids is 4. The summed E-state index contributed by atoms with van der Waals surface area (Å²) in [4.78, 5) is 73.2. The number of thioether (sulfide) groups is 1. The molecule has 1 aliphatic rings. The van der Waals surface area contributed by atoms with Gasteiger partial charge in [-0.25, -0.2) is 9.78 Å². The van der Waals surface area contributed by atoms with Crippen molar-refractivity contribution < 1.29 is 29.1 Å². The maximum Gasteiger partial charge on any atom is 0.326 e. The largest absolute Gasteiger partial charge is 0.480 e. The summed E-state index contributed by atoms with van der Waals surface area (Å²) in [6, 6.07) is -4.63. The topological polar surface area (TPSA) is 200 Å². The molecule has 0 saturated carbocycles. The monoisotopic (exact) mass is 609 g/mol. The van der Waals surface area contributed by atoms with E-state index in [1.165, 1.54) is 23.0 Å². The number of carbonyl (C=O) groups is 5. The van der Waals surface area contributed by atoms with Crippen LogP contribution in [-0.4, -0.2) is 98.3 Å². The van der Waals surface area contributed by atoms with Crippen molar-refractivity contribution in [2.45, 2.75) is 96.4 Å². The number of imidazole rings is 1. The summed E-state index contributed by atoms with van der Waals surface area (Å²) in [5.74, 6) is -2.38. The lowest BCUT2D eigenvalue weighted by atomic mass is 9.99. The maximum absolute atomic E-state index is 13.8. The predicted molar refractivity (Wildman–Crippen MR) is 160 cm³/mol. The smallest absolute Gasteiger partial charge is 0.326 e. The fourth-order valence-electron chi connectivity index (χ4n) is 4.94. The zero-order valence-electron chi connectivity index (χ0n) is 25.2. The highest BCUT2D eigenvalue weighted by Crippen LogP contribution is 2.21. The van der Waals surface area contributed by atoms with Gasteiger partial charge in [-0.3, -0.25) is 19.2 Å². The van der Waals surface area contributed by atoms with Gasteiger partial charge in [-0.15, -0.1) is 0 Å². The molecule has 2 rings (SSSR count). The third kappa shape index (κ3) is 10.9. The van der Waals surface area contributed by atoms with E-state index in [2.05, 4.69) is 25.9 Å². The van der Waals surface area contributed by atoms with Crippen LogP contribution >= 0.6 is 11.8 Å². The van der Waals surface area contributed by atoms with Gasteiger partial charge in [-0.05, 0) is 55.9 Å². The van der Waals surface area contributed by atoms with Crippen molar-refractivity contribution >= 4 is 41.4 Å². The number of aliphatic carboxylic acids is 1. The third-order valence-electron chi connectivity index (χ3n) is 7.06. The zero-order chi connectivity index (χ0) is 31.4. The van der Waals surface area contributed by atoms with Crippen LogP contribution in [0.2, 0.25) is 0 Å². The number of amides is 4. The van der Waals surface area contributed by atoms with Crippen LogP contribution in [0.1, 0.15) is 65.5 Å². The number of aromatic amines is 1. The van der Waals surface area contributed by atoms with Gasteiger partial charge in [0.05, 0.1) is 12.4 Å². The Morgan fingerprint density at radius 2 is 1.69 bits per heavy atom. The molecule has 0 aliphatic carbocycles. The minimum absolute atomic E-state index is 0.0398. The van der Waals surface area contributed by atoms with Gasteiger partial charge in [0.25, 0.3) is 0 Å². The van der Waals surface area contributed by atoms with Gasteiger partial charge in [0.1, 0.15) is 24.2 Å². The summed E-state index contributed by atoms with van der Waals surface area (Å²) in [6.07, 6.45) is 7.04. The average molecular weight is 610 g/mol. The predicted octanol–water partition coefficient (Wildman–Crippen LogP) is 0.655. The second kappa shape index (κ2) is 17.1. The quantitative estimate of drug-likeness (QED) is 0.147. The van der Waals surface area contributed by atoms with E-state index in [1.807, 2.05) is 34.0 Å². The molecule has 1 saturated heterocycles. The van der Waals surface area contributed by atoms with Crippen LogP contribution in [0.4, 0.5) is 0 Å². The van der Waals surface area contributed by atoms with Crippen LogP contribution in [0.3, 0.4) is 0 Å². The number of nitrogens with two attached hydrogens (primary N) is 1. The highest BCUT2D eigenvalue weighted by Gasteiger charge is 2.39. The van der Waals surface area contributed by atoms with Crippen molar-refractivity contribution in [2.24, 2.45) is 17.6 Å². The second-order valence-corrected chi connectivity index (χ2v) is 12.6. The van der Waals surface area contributed by atoms with Crippen molar-refractivity contribution in [1.29, 1.82) is 0 Å². The molecule has 0 aromatic carbocycles. The van der Waals surface area contributed by atoms with Gasteiger partial charge in [0.2, 0.25) is 23.6 Å². The molecular weight excluding hydrogens is 562 g/mol. The number of hydrogen-bond acceptors (Lipinski definition) is 8. The Morgan fingerprint density at radius 3 is 2.26 bits per heavy atom. The number of aromatic nitrogens is 2. The third-order valence-corrected chi connectivity index (χ3v) is 7.70. The Morgan fingerprint density at radius 1 is 1.05 bits per heavy atom. The summed E-state index contributed by atoms with van der Waals surface area (Å²) < 4.78 is 0. The molecule has 0 bridgehead atoms. The standard InChI is InChI=1S/C28H47N7O6S/c1-16(2)11-21(33-24(36)19(29)13-18-14-30-15-31-18)25(37)34-22(12-17(3)4)27(39)35-9-6-7-23(35)26(38)32-20(28(40)41)8-10-42-5/h14-17,19-23H,6-13,29H2,1-5H3,(H,30,31)(H,32,38)(H,33,36)(H,34,37)(H,40,41)/t19-,20-,21-,22-,23-/m0/s1. The number of carboxylic acid groups (broad SMARTS) is 1. The van der Waals surface area contributed by atoms with E-state index >= 15 is 0 Å².